The summed E-state index contributed by atoms with van der Waals surface area (Å²) in [5, 5.41) is 0. The molecular formula is C8H9F4N3. The first-order chi connectivity index (χ1) is 6.92. The summed E-state index contributed by atoms with van der Waals surface area (Å²) in [6.45, 7) is 0. The van der Waals surface area contributed by atoms with Crippen molar-refractivity contribution < 1.29 is 17.6 Å². The third kappa shape index (κ3) is 3.80. The lowest BCUT2D eigenvalue weighted by Gasteiger charge is -2.17. The van der Waals surface area contributed by atoms with Gasteiger partial charge in [-0.05, 0) is 11.6 Å². The molecule has 1 unspecified atom stereocenters. The normalized spacial score (nSPS) is 13.9. The van der Waals surface area contributed by atoms with E-state index in [4.69, 9.17) is 5.84 Å². The topological polar surface area (TPSA) is 50.9 Å². The van der Waals surface area contributed by atoms with E-state index >= 15 is 0 Å². The number of nitrogens with zero attached hydrogens (tertiary/aromatic N) is 1. The van der Waals surface area contributed by atoms with Crippen molar-refractivity contribution in [1.29, 1.82) is 0 Å². The number of hydrogen-bond acceptors (Lipinski definition) is 3. The van der Waals surface area contributed by atoms with Crippen LogP contribution in [0.5, 0.6) is 0 Å². The highest BCUT2D eigenvalue weighted by atomic mass is 19.4. The van der Waals surface area contributed by atoms with Crippen LogP contribution in [-0.2, 0) is 0 Å². The van der Waals surface area contributed by atoms with Crippen molar-refractivity contribution in [2.45, 2.75) is 18.6 Å². The quantitative estimate of drug-likeness (QED) is 0.465. The van der Waals surface area contributed by atoms with Gasteiger partial charge in [-0.25, -0.2) is 4.39 Å². The smallest absolute Gasteiger partial charge is 0.271 e. The molecule has 1 atom stereocenters. The highest BCUT2D eigenvalue weighted by Crippen LogP contribution is 2.28. The van der Waals surface area contributed by atoms with E-state index in [9.17, 15) is 17.6 Å². The van der Waals surface area contributed by atoms with Crippen molar-refractivity contribution in [2.75, 3.05) is 0 Å². The standard InChI is InChI=1S/C8H9F4N3/c9-6-1-5(3-14-4-6)7(15-13)2-8(10,11)12/h1,3-4,7,15H,2,13H2. The summed E-state index contributed by atoms with van der Waals surface area (Å²) >= 11 is 0. The van der Waals surface area contributed by atoms with Crippen LogP contribution in [0.1, 0.15) is 18.0 Å². The summed E-state index contributed by atoms with van der Waals surface area (Å²) < 4.78 is 48.9. The monoisotopic (exact) mass is 223 g/mol. The summed E-state index contributed by atoms with van der Waals surface area (Å²) in [7, 11) is 0. The molecule has 0 aliphatic rings. The number of rotatable bonds is 3. The van der Waals surface area contributed by atoms with Crippen LogP contribution in [0.2, 0.25) is 0 Å². The zero-order valence-electron chi connectivity index (χ0n) is 7.55. The molecule has 3 N–H and O–H groups in total. The van der Waals surface area contributed by atoms with Crippen LogP contribution in [-0.4, -0.2) is 11.2 Å². The van der Waals surface area contributed by atoms with Crippen molar-refractivity contribution in [3.8, 4) is 0 Å². The predicted octanol–water partition coefficient (Wildman–Crippen LogP) is 1.68. The van der Waals surface area contributed by atoms with Crippen LogP contribution < -0.4 is 11.3 Å². The van der Waals surface area contributed by atoms with Crippen molar-refractivity contribution in [1.82, 2.24) is 10.4 Å². The third-order valence-electron chi connectivity index (χ3n) is 1.77. The third-order valence-corrected chi connectivity index (χ3v) is 1.77. The summed E-state index contributed by atoms with van der Waals surface area (Å²) in [5.74, 6) is 4.26. The number of nitrogens with two attached hydrogens (primary N) is 1. The van der Waals surface area contributed by atoms with Gasteiger partial charge in [0.05, 0.1) is 18.7 Å². The molecule has 1 aromatic heterocycles. The molecule has 0 aliphatic heterocycles. The first kappa shape index (κ1) is 11.9. The Hall–Kier alpha value is -1.21. The molecule has 0 bridgehead atoms. The van der Waals surface area contributed by atoms with Gasteiger partial charge >= 0.3 is 6.18 Å². The van der Waals surface area contributed by atoms with E-state index < -0.39 is 24.5 Å². The number of hydrogen-bond donors (Lipinski definition) is 2. The van der Waals surface area contributed by atoms with Crippen LogP contribution in [0, 0.1) is 5.82 Å². The molecule has 0 saturated heterocycles. The van der Waals surface area contributed by atoms with E-state index in [-0.39, 0.29) is 5.56 Å². The van der Waals surface area contributed by atoms with E-state index in [1.807, 2.05) is 5.43 Å². The zero-order chi connectivity index (χ0) is 11.5. The molecule has 15 heavy (non-hydrogen) atoms. The van der Waals surface area contributed by atoms with Crippen molar-refractivity contribution in [3.05, 3.63) is 29.8 Å². The maximum Gasteiger partial charge on any atom is 0.390 e. The lowest BCUT2D eigenvalue weighted by atomic mass is 10.1. The molecule has 7 heteroatoms. The van der Waals surface area contributed by atoms with Gasteiger partial charge in [0.1, 0.15) is 5.82 Å². The first-order valence-electron chi connectivity index (χ1n) is 4.05. The van der Waals surface area contributed by atoms with Gasteiger partial charge in [-0.2, -0.15) is 13.2 Å². The molecule has 0 fully saturated rings. The SMILES string of the molecule is NNC(CC(F)(F)F)c1cncc(F)c1. The second-order valence-electron chi connectivity index (χ2n) is 2.98. The van der Waals surface area contributed by atoms with Gasteiger partial charge in [-0.1, -0.05) is 0 Å². The van der Waals surface area contributed by atoms with Gasteiger partial charge in [0, 0.05) is 6.20 Å². The highest BCUT2D eigenvalue weighted by Gasteiger charge is 2.32. The fourth-order valence-electron chi connectivity index (χ4n) is 1.12. The van der Waals surface area contributed by atoms with Gasteiger partial charge in [0.2, 0.25) is 0 Å². The van der Waals surface area contributed by atoms with E-state index in [0.717, 1.165) is 18.5 Å². The summed E-state index contributed by atoms with van der Waals surface area (Å²) in [5.41, 5.74) is 2.04. The maximum atomic E-state index is 12.7. The number of nitrogens with one attached hydrogen (secondary N) is 1. The Morgan fingerprint density at radius 3 is 2.53 bits per heavy atom. The van der Waals surface area contributed by atoms with Crippen LogP contribution in [0.4, 0.5) is 17.6 Å². The van der Waals surface area contributed by atoms with Crippen molar-refractivity contribution in [3.63, 3.8) is 0 Å². The number of halogens is 4. The average molecular weight is 223 g/mol. The predicted molar refractivity (Wildman–Crippen MR) is 44.9 cm³/mol. The molecule has 0 amide bonds. The fourth-order valence-corrected chi connectivity index (χ4v) is 1.12. The van der Waals surface area contributed by atoms with Gasteiger partial charge in [-0.15, -0.1) is 0 Å². The Morgan fingerprint density at radius 2 is 2.07 bits per heavy atom. The Balaban J connectivity index is 2.83. The number of alkyl halides is 3. The second-order valence-corrected chi connectivity index (χ2v) is 2.98. The lowest BCUT2D eigenvalue weighted by molar-refractivity contribution is -0.140. The fraction of sp³-hybridized carbons (Fsp3) is 0.375. The van der Waals surface area contributed by atoms with E-state index in [1.165, 1.54) is 0 Å². The molecule has 1 aromatic rings. The van der Waals surface area contributed by atoms with Gasteiger partial charge in [-0.3, -0.25) is 16.3 Å². The molecule has 0 radical (unpaired) electrons. The number of aromatic nitrogens is 1. The van der Waals surface area contributed by atoms with Crippen LogP contribution >= 0.6 is 0 Å². The minimum Gasteiger partial charge on any atom is -0.271 e. The first-order valence-corrected chi connectivity index (χ1v) is 4.05. The molecule has 0 saturated carbocycles. The minimum atomic E-state index is -4.37. The minimum absolute atomic E-state index is 0.0647. The zero-order valence-corrected chi connectivity index (χ0v) is 7.55. The number of pyridine rings is 1. The molecule has 0 aromatic carbocycles. The van der Waals surface area contributed by atoms with Crippen molar-refractivity contribution >= 4 is 0 Å². The molecule has 3 nitrogen and oxygen atoms in total. The van der Waals surface area contributed by atoms with E-state index in [0.29, 0.717) is 0 Å². The largest absolute Gasteiger partial charge is 0.390 e. The molecule has 84 valence electrons. The Bertz CT molecular complexity index is 326. The van der Waals surface area contributed by atoms with Gasteiger partial charge in [0.15, 0.2) is 0 Å². The summed E-state index contributed by atoms with van der Waals surface area (Å²) in [6.07, 6.45) is -3.50. The average Bonchev–Trinajstić information content (AvgIpc) is 2.13. The lowest BCUT2D eigenvalue weighted by Crippen LogP contribution is -2.31. The van der Waals surface area contributed by atoms with E-state index in [1.54, 1.807) is 0 Å². The highest BCUT2D eigenvalue weighted by molar-refractivity contribution is 5.15. The van der Waals surface area contributed by atoms with Crippen LogP contribution in [0.3, 0.4) is 0 Å². The molecule has 1 rings (SSSR count). The molecule has 1 heterocycles. The Labute approximate surface area is 83.3 Å². The summed E-state index contributed by atoms with van der Waals surface area (Å²) in [4.78, 5) is 3.45. The molecule has 0 spiro atoms. The maximum absolute atomic E-state index is 12.7. The molecule has 0 aliphatic carbocycles. The Kier molecular flexibility index (Phi) is 3.59. The molecular weight excluding hydrogens is 214 g/mol. The Morgan fingerprint density at radius 1 is 1.40 bits per heavy atom. The second kappa shape index (κ2) is 4.54. The van der Waals surface area contributed by atoms with Gasteiger partial charge < -0.3 is 0 Å². The van der Waals surface area contributed by atoms with Crippen LogP contribution in [0.15, 0.2) is 18.5 Å². The summed E-state index contributed by atoms with van der Waals surface area (Å²) in [6, 6.07) is -0.225. The van der Waals surface area contributed by atoms with Crippen molar-refractivity contribution in [2.24, 2.45) is 5.84 Å². The van der Waals surface area contributed by atoms with Gasteiger partial charge in [0.25, 0.3) is 0 Å². The number of hydrazine groups is 1. The van der Waals surface area contributed by atoms with E-state index in [2.05, 4.69) is 4.98 Å². The van der Waals surface area contributed by atoms with Crippen LogP contribution in [0.25, 0.3) is 0 Å².